The lowest BCUT2D eigenvalue weighted by atomic mass is 10.1. The molecule has 1 unspecified atom stereocenters. The zero-order valence-electron chi connectivity index (χ0n) is 12.2. The van der Waals surface area contributed by atoms with E-state index in [4.69, 9.17) is 10.3 Å². The summed E-state index contributed by atoms with van der Waals surface area (Å²) in [4.78, 5) is 14.2. The number of carbonyl (C=O) groups is 1. The van der Waals surface area contributed by atoms with Gasteiger partial charge in [-0.3, -0.25) is 4.79 Å². The van der Waals surface area contributed by atoms with Crippen molar-refractivity contribution in [3.63, 3.8) is 0 Å². The van der Waals surface area contributed by atoms with Gasteiger partial charge in [-0.05, 0) is 35.7 Å². The number of hydrogen-bond donors (Lipinski definition) is 0. The largest absolute Gasteiger partial charge is 0.444 e. The highest BCUT2D eigenvalue weighted by Gasteiger charge is 2.16. The van der Waals surface area contributed by atoms with E-state index in [1.54, 1.807) is 18.2 Å². The van der Waals surface area contributed by atoms with E-state index in [0.29, 0.717) is 11.3 Å². The highest BCUT2D eigenvalue weighted by atomic mass is 79.9. The molecule has 0 radical (unpaired) electrons. The van der Waals surface area contributed by atoms with Crippen LogP contribution in [0.15, 0.2) is 58.1 Å². The van der Waals surface area contributed by atoms with Gasteiger partial charge in [0.25, 0.3) is 0 Å². The third kappa shape index (κ3) is 4.89. The summed E-state index contributed by atoms with van der Waals surface area (Å²) < 4.78 is 6.05. The van der Waals surface area contributed by atoms with Crippen LogP contribution in [0.5, 0.6) is 0 Å². The first kappa shape index (κ1) is 16.6. The van der Waals surface area contributed by atoms with Crippen molar-refractivity contribution in [2.45, 2.75) is 13.0 Å². The lowest BCUT2D eigenvalue weighted by Gasteiger charge is -2.14. The third-order valence-corrected chi connectivity index (χ3v) is 3.32. The second-order valence-corrected chi connectivity index (χ2v) is 5.43. The fourth-order valence-electron chi connectivity index (χ4n) is 1.88. The number of esters is 1. The highest BCUT2D eigenvalue weighted by Crippen LogP contribution is 2.31. The zero-order chi connectivity index (χ0) is 16.7. The molecule has 5 nitrogen and oxygen atoms in total. The summed E-state index contributed by atoms with van der Waals surface area (Å²) in [6, 6.07) is 14.4. The molecule has 0 aromatic heterocycles. The number of rotatable bonds is 3. The summed E-state index contributed by atoms with van der Waals surface area (Å²) in [5.41, 5.74) is 10.4. The van der Waals surface area contributed by atoms with E-state index >= 15 is 0 Å². The Morgan fingerprint density at radius 1 is 1.30 bits per heavy atom. The normalized spacial score (nSPS) is 10.7. The van der Waals surface area contributed by atoms with Crippen molar-refractivity contribution in [3.05, 3.63) is 74.6 Å². The standard InChI is InChI=1S/C17H12BrN3O2/c1-12(22)23-17(10-7-13-5-3-2-4-6-13)15-11-14(18)8-9-16(15)20-21-19/h2-6,8-9,11,17H,1H3. The molecule has 0 amide bonds. The Balaban J connectivity index is 2.47. The number of nitrogens with zero attached hydrogens (tertiary/aromatic N) is 3. The molecule has 1 atom stereocenters. The Bertz CT molecular complexity index is 819. The van der Waals surface area contributed by atoms with Crippen LogP contribution >= 0.6 is 15.9 Å². The minimum atomic E-state index is -0.828. The van der Waals surface area contributed by atoms with Gasteiger partial charge in [0, 0.05) is 33.1 Å². The van der Waals surface area contributed by atoms with Crippen LogP contribution in [0.4, 0.5) is 5.69 Å². The first-order valence-corrected chi connectivity index (χ1v) is 7.48. The van der Waals surface area contributed by atoms with E-state index in [1.807, 2.05) is 30.3 Å². The molecular formula is C17H12BrN3O2. The molecule has 114 valence electrons. The minimum absolute atomic E-state index is 0.365. The van der Waals surface area contributed by atoms with Crippen LogP contribution < -0.4 is 0 Å². The maximum atomic E-state index is 11.4. The van der Waals surface area contributed by atoms with Gasteiger partial charge >= 0.3 is 5.97 Å². The Morgan fingerprint density at radius 2 is 2.04 bits per heavy atom. The van der Waals surface area contributed by atoms with Gasteiger partial charge in [-0.15, -0.1) is 0 Å². The van der Waals surface area contributed by atoms with Gasteiger partial charge in [0.05, 0.1) is 0 Å². The number of hydrogen-bond acceptors (Lipinski definition) is 3. The van der Waals surface area contributed by atoms with Crippen molar-refractivity contribution in [2.24, 2.45) is 5.11 Å². The summed E-state index contributed by atoms with van der Waals surface area (Å²) >= 11 is 3.35. The van der Waals surface area contributed by atoms with Crippen LogP contribution in [0.25, 0.3) is 10.4 Å². The number of carbonyl (C=O) groups excluding carboxylic acids is 1. The van der Waals surface area contributed by atoms with Gasteiger partial charge in [-0.1, -0.05) is 51.2 Å². The second-order valence-electron chi connectivity index (χ2n) is 4.52. The summed E-state index contributed by atoms with van der Waals surface area (Å²) in [6.45, 7) is 1.31. The van der Waals surface area contributed by atoms with Crippen molar-refractivity contribution in [3.8, 4) is 11.8 Å². The molecule has 0 aliphatic rings. The zero-order valence-corrected chi connectivity index (χ0v) is 13.8. The van der Waals surface area contributed by atoms with E-state index in [0.717, 1.165) is 10.0 Å². The van der Waals surface area contributed by atoms with Crippen molar-refractivity contribution in [1.82, 2.24) is 0 Å². The molecule has 0 saturated heterocycles. The number of azide groups is 1. The van der Waals surface area contributed by atoms with Gasteiger partial charge in [0.1, 0.15) is 0 Å². The topological polar surface area (TPSA) is 75.1 Å². The molecule has 0 aliphatic heterocycles. The monoisotopic (exact) mass is 369 g/mol. The average molecular weight is 370 g/mol. The van der Waals surface area contributed by atoms with E-state index in [-0.39, 0.29) is 0 Å². The third-order valence-electron chi connectivity index (χ3n) is 2.83. The molecule has 0 saturated carbocycles. The molecule has 2 rings (SSSR count). The molecule has 0 N–H and O–H groups in total. The molecular weight excluding hydrogens is 358 g/mol. The lowest BCUT2D eigenvalue weighted by molar-refractivity contribution is -0.144. The van der Waals surface area contributed by atoms with Gasteiger partial charge in [-0.25, -0.2) is 0 Å². The number of benzene rings is 2. The van der Waals surface area contributed by atoms with Crippen molar-refractivity contribution < 1.29 is 9.53 Å². The lowest BCUT2D eigenvalue weighted by Crippen LogP contribution is -2.07. The Morgan fingerprint density at radius 3 is 2.70 bits per heavy atom. The van der Waals surface area contributed by atoms with Crippen LogP contribution in [-0.2, 0) is 9.53 Å². The van der Waals surface area contributed by atoms with Gasteiger partial charge in [0.2, 0.25) is 0 Å². The quantitative estimate of drug-likeness (QED) is 0.249. The first-order valence-electron chi connectivity index (χ1n) is 6.68. The Labute approximate surface area is 142 Å². The highest BCUT2D eigenvalue weighted by molar-refractivity contribution is 9.10. The Kier molecular flexibility index (Phi) is 5.81. The molecule has 2 aromatic carbocycles. The van der Waals surface area contributed by atoms with Crippen LogP contribution in [-0.4, -0.2) is 5.97 Å². The molecule has 2 aromatic rings. The molecule has 6 heteroatoms. The van der Waals surface area contributed by atoms with Gasteiger partial charge < -0.3 is 4.74 Å². The van der Waals surface area contributed by atoms with Crippen molar-refractivity contribution in [2.75, 3.05) is 0 Å². The maximum Gasteiger partial charge on any atom is 0.304 e. The first-order chi connectivity index (χ1) is 11.1. The number of halogens is 1. The van der Waals surface area contributed by atoms with Crippen molar-refractivity contribution >= 4 is 27.6 Å². The fourth-order valence-corrected chi connectivity index (χ4v) is 2.26. The van der Waals surface area contributed by atoms with Crippen LogP contribution in [0.3, 0.4) is 0 Å². The van der Waals surface area contributed by atoms with E-state index in [2.05, 4.69) is 37.8 Å². The molecule has 23 heavy (non-hydrogen) atoms. The fraction of sp³-hybridized carbons (Fsp3) is 0.118. The molecule has 0 aliphatic carbocycles. The van der Waals surface area contributed by atoms with Crippen LogP contribution in [0, 0.1) is 11.8 Å². The maximum absolute atomic E-state index is 11.4. The van der Waals surface area contributed by atoms with Crippen LogP contribution in [0.2, 0.25) is 0 Å². The predicted molar refractivity (Wildman–Crippen MR) is 90.8 cm³/mol. The van der Waals surface area contributed by atoms with E-state index in [1.165, 1.54) is 6.92 Å². The molecule has 0 spiro atoms. The van der Waals surface area contributed by atoms with Crippen LogP contribution in [0.1, 0.15) is 24.2 Å². The SMILES string of the molecule is CC(=O)OC(C#Cc1ccccc1)c1cc(Br)ccc1N=[N+]=[N-]. The molecule has 0 bridgehead atoms. The number of ether oxygens (including phenoxy) is 1. The predicted octanol–water partition coefficient (Wildman–Crippen LogP) is 5.05. The molecule has 0 heterocycles. The van der Waals surface area contributed by atoms with Gasteiger partial charge in [0.15, 0.2) is 6.10 Å². The summed E-state index contributed by atoms with van der Waals surface area (Å²) in [5.74, 6) is 5.40. The minimum Gasteiger partial charge on any atom is -0.444 e. The second kappa shape index (κ2) is 8.04. The smallest absolute Gasteiger partial charge is 0.304 e. The van der Waals surface area contributed by atoms with E-state index in [9.17, 15) is 4.79 Å². The van der Waals surface area contributed by atoms with E-state index < -0.39 is 12.1 Å². The summed E-state index contributed by atoms with van der Waals surface area (Å²) in [5, 5.41) is 3.63. The summed E-state index contributed by atoms with van der Waals surface area (Å²) in [6.07, 6.45) is -0.828. The average Bonchev–Trinajstić information content (AvgIpc) is 2.54. The Hall–Kier alpha value is -2.74. The summed E-state index contributed by atoms with van der Waals surface area (Å²) in [7, 11) is 0. The molecule has 0 fully saturated rings. The van der Waals surface area contributed by atoms with Gasteiger partial charge in [-0.2, -0.15) is 0 Å². The van der Waals surface area contributed by atoms with Crippen molar-refractivity contribution in [1.29, 1.82) is 0 Å².